The van der Waals surface area contributed by atoms with Crippen LogP contribution in [0.15, 0.2) is 33.7 Å². The molecule has 100 valence electrons. The second kappa shape index (κ2) is 5.94. The first-order chi connectivity index (χ1) is 9.31. The number of thioether (sulfide) groups is 1. The van der Waals surface area contributed by atoms with Gasteiger partial charge in [-0.05, 0) is 31.1 Å². The fraction of sp³-hybridized carbons (Fsp3) is 0.385. The summed E-state index contributed by atoms with van der Waals surface area (Å²) in [6.07, 6.45) is 0.872. The van der Waals surface area contributed by atoms with Gasteiger partial charge in [-0.1, -0.05) is 28.9 Å². The van der Waals surface area contributed by atoms with E-state index in [0.717, 1.165) is 41.1 Å². The van der Waals surface area contributed by atoms with Gasteiger partial charge in [0.1, 0.15) is 0 Å². The van der Waals surface area contributed by atoms with Crippen LogP contribution in [0.5, 0.6) is 0 Å². The second-order valence-electron chi connectivity index (χ2n) is 4.55. The summed E-state index contributed by atoms with van der Waals surface area (Å²) in [6, 6.07) is 7.77. The second-order valence-corrected chi connectivity index (χ2v) is 5.98. The highest BCUT2D eigenvalue weighted by Gasteiger charge is 2.20. The monoisotopic (exact) mass is 295 g/mol. The van der Waals surface area contributed by atoms with Crippen molar-refractivity contribution >= 4 is 23.4 Å². The van der Waals surface area contributed by atoms with Crippen LogP contribution in [-0.4, -0.2) is 23.2 Å². The summed E-state index contributed by atoms with van der Waals surface area (Å²) in [5.41, 5.74) is 0. The van der Waals surface area contributed by atoms with Crippen molar-refractivity contribution in [1.82, 2.24) is 15.5 Å². The van der Waals surface area contributed by atoms with Gasteiger partial charge in [0.2, 0.25) is 5.89 Å². The maximum Gasteiger partial charge on any atom is 0.227 e. The van der Waals surface area contributed by atoms with E-state index in [-0.39, 0.29) is 0 Å². The van der Waals surface area contributed by atoms with Crippen LogP contribution in [0.3, 0.4) is 0 Å². The fourth-order valence-corrected chi connectivity index (χ4v) is 2.96. The van der Waals surface area contributed by atoms with Crippen molar-refractivity contribution in [2.45, 2.75) is 17.1 Å². The van der Waals surface area contributed by atoms with Crippen LogP contribution in [0.4, 0.5) is 0 Å². The number of benzene rings is 1. The van der Waals surface area contributed by atoms with E-state index in [4.69, 9.17) is 16.1 Å². The molecule has 1 aliphatic rings. The van der Waals surface area contributed by atoms with Crippen molar-refractivity contribution in [2.24, 2.45) is 5.92 Å². The highest BCUT2D eigenvalue weighted by atomic mass is 35.5. The Morgan fingerprint density at radius 2 is 2.21 bits per heavy atom. The number of nitrogens with one attached hydrogen (secondary N) is 1. The van der Waals surface area contributed by atoms with Crippen molar-refractivity contribution in [2.75, 3.05) is 13.1 Å². The van der Waals surface area contributed by atoms with Gasteiger partial charge in [-0.15, -0.1) is 11.8 Å². The molecular weight excluding hydrogens is 282 g/mol. The van der Waals surface area contributed by atoms with Crippen LogP contribution in [0.25, 0.3) is 0 Å². The summed E-state index contributed by atoms with van der Waals surface area (Å²) >= 11 is 7.72. The van der Waals surface area contributed by atoms with Gasteiger partial charge in [0.15, 0.2) is 5.82 Å². The minimum atomic E-state index is 0.643. The van der Waals surface area contributed by atoms with E-state index in [1.807, 2.05) is 24.3 Å². The third-order valence-corrected chi connectivity index (χ3v) is 4.54. The molecule has 1 aliphatic heterocycles. The maximum absolute atomic E-state index is 6.10. The van der Waals surface area contributed by atoms with E-state index in [9.17, 15) is 0 Å². The first-order valence-electron chi connectivity index (χ1n) is 6.21. The summed E-state index contributed by atoms with van der Waals surface area (Å²) < 4.78 is 5.25. The van der Waals surface area contributed by atoms with E-state index in [2.05, 4.69) is 15.5 Å². The topological polar surface area (TPSA) is 51.0 Å². The van der Waals surface area contributed by atoms with Gasteiger partial charge >= 0.3 is 0 Å². The number of nitrogens with zero attached hydrogens (tertiary/aromatic N) is 2. The third kappa shape index (κ3) is 3.29. The van der Waals surface area contributed by atoms with Gasteiger partial charge in [-0.3, -0.25) is 0 Å². The molecule has 0 spiro atoms. The number of hydrogen-bond acceptors (Lipinski definition) is 5. The molecule has 6 heteroatoms. The Balaban J connectivity index is 1.56. The third-order valence-electron chi connectivity index (χ3n) is 3.03. The lowest BCUT2D eigenvalue weighted by molar-refractivity contribution is 0.295. The Morgan fingerprint density at radius 3 is 2.95 bits per heavy atom. The molecule has 0 amide bonds. The van der Waals surface area contributed by atoms with Crippen LogP contribution in [-0.2, 0) is 12.2 Å². The first kappa shape index (κ1) is 13.0. The zero-order valence-electron chi connectivity index (χ0n) is 10.3. The SMILES string of the molecule is Clc1ccccc1SCc1noc(CC2CNC2)n1. The molecule has 0 unspecified atom stereocenters. The highest BCUT2D eigenvalue weighted by Crippen LogP contribution is 2.28. The summed E-state index contributed by atoms with van der Waals surface area (Å²) in [7, 11) is 0. The zero-order chi connectivity index (χ0) is 13.1. The van der Waals surface area contributed by atoms with Gasteiger partial charge in [0.05, 0.1) is 10.8 Å². The predicted octanol–water partition coefficient (Wildman–Crippen LogP) is 2.78. The molecule has 0 radical (unpaired) electrons. The van der Waals surface area contributed by atoms with Crippen LogP contribution in [0.1, 0.15) is 11.7 Å². The van der Waals surface area contributed by atoms with E-state index in [0.29, 0.717) is 11.7 Å². The first-order valence-corrected chi connectivity index (χ1v) is 7.57. The normalized spacial score (nSPS) is 15.4. The molecule has 2 aromatic rings. The van der Waals surface area contributed by atoms with Gasteiger partial charge in [-0.25, -0.2) is 0 Å². The summed E-state index contributed by atoms with van der Waals surface area (Å²) in [5.74, 6) is 2.79. The van der Waals surface area contributed by atoms with Crippen LogP contribution < -0.4 is 5.32 Å². The number of aromatic nitrogens is 2. The summed E-state index contributed by atoms with van der Waals surface area (Å²) in [6.45, 7) is 2.10. The van der Waals surface area contributed by atoms with Crippen molar-refractivity contribution in [3.63, 3.8) is 0 Å². The Bertz CT molecular complexity index is 556. The number of rotatable bonds is 5. The molecule has 1 aromatic carbocycles. The van der Waals surface area contributed by atoms with E-state index in [1.54, 1.807) is 11.8 Å². The quantitative estimate of drug-likeness (QED) is 0.860. The number of halogens is 1. The lowest BCUT2D eigenvalue weighted by Gasteiger charge is -2.25. The van der Waals surface area contributed by atoms with Gasteiger partial charge < -0.3 is 9.84 Å². The average Bonchev–Trinajstić information content (AvgIpc) is 2.81. The van der Waals surface area contributed by atoms with E-state index >= 15 is 0 Å². The fourth-order valence-electron chi connectivity index (χ4n) is 1.88. The molecular formula is C13H14ClN3OS. The standard InChI is InChI=1S/C13H14ClN3OS/c14-10-3-1-2-4-11(10)19-8-12-16-13(18-17-12)5-9-6-15-7-9/h1-4,9,15H,5-8H2. The molecule has 0 aliphatic carbocycles. The van der Waals surface area contributed by atoms with Gasteiger partial charge in [-0.2, -0.15) is 4.98 Å². The molecule has 0 atom stereocenters. The van der Waals surface area contributed by atoms with E-state index in [1.165, 1.54) is 0 Å². The van der Waals surface area contributed by atoms with Crippen molar-refractivity contribution in [3.05, 3.63) is 41.0 Å². The van der Waals surface area contributed by atoms with Crippen molar-refractivity contribution < 1.29 is 4.52 Å². The Hall–Kier alpha value is -1.04. The predicted molar refractivity (Wildman–Crippen MR) is 75.4 cm³/mol. The smallest absolute Gasteiger partial charge is 0.227 e. The maximum atomic E-state index is 6.10. The van der Waals surface area contributed by atoms with Crippen LogP contribution in [0, 0.1) is 5.92 Å². The van der Waals surface area contributed by atoms with Crippen molar-refractivity contribution in [1.29, 1.82) is 0 Å². The van der Waals surface area contributed by atoms with Crippen LogP contribution >= 0.6 is 23.4 Å². The average molecular weight is 296 g/mol. The minimum Gasteiger partial charge on any atom is -0.339 e. The molecule has 19 heavy (non-hydrogen) atoms. The molecule has 1 saturated heterocycles. The zero-order valence-corrected chi connectivity index (χ0v) is 11.9. The molecule has 1 aromatic heterocycles. The van der Waals surface area contributed by atoms with Gasteiger partial charge in [0, 0.05) is 11.3 Å². The summed E-state index contributed by atoms with van der Waals surface area (Å²) in [5, 5.41) is 8.00. The number of hydrogen-bond donors (Lipinski definition) is 1. The molecule has 1 N–H and O–H groups in total. The van der Waals surface area contributed by atoms with E-state index < -0.39 is 0 Å². The summed E-state index contributed by atoms with van der Waals surface area (Å²) in [4.78, 5) is 5.45. The molecule has 1 fully saturated rings. The highest BCUT2D eigenvalue weighted by molar-refractivity contribution is 7.98. The lowest BCUT2D eigenvalue weighted by atomic mass is 10.00. The Kier molecular flexibility index (Phi) is 4.06. The largest absolute Gasteiger partial charge is 0.339 e. The molecule has 4 nitrogen and oxygen atoms in total. The Labute approximate surface area is 120 Å². The minimum absolute atomic E-state index is 0.643. The molecule has 0 saturated carbocycles. The molecule has 3 rings (SSSR count). The van der Waals surface area contributed by atoms with Crippen molar-refractivity contribution in [3.8, 4) is 0 Å². The van der Waals surface area contributed by atoms with Crippen LogP contribution in [0.2, 0.25) is 5.02 Å². The molecule has 0 bridgehead atoms. The lowest BCUT2D eigenvalue weighted by Crippen LogP contribution is -2.43. The van der Waals surface area contributed by atoms with Gasteiger partial charge in [0.25, 0.3) is 0 Å². The Morgan fingerprint density at radius 1 is 1.37 bits per heavy atom. The molecule has 2 heterocycles.